The first-order valence-corrected chi connectivity index (χ1v) is 8.47. The van der Waals surface area contributed by atoms with Crippen LogP contribution in [0.2, 0.25) is 0 Å². The van der Waals surface area contributed by atoms with Crippen LogP contribution in [0.4, 0.5) is 0 Å². The fourth-order valence-corrected chi connectivity index (χ4v) is 2.23. The number of hydrogen-bond acceptors (Lipinski definition) is 6. The van der Waals surface area contributed by atoms with Crippen LogP contribution < -0.4 is 11.3 Å². The van der Waals surface area contributed by atoms with E-state index >= 15 is 0 Å². The van der Waals surface area contributed by atoms with Gasteiger partial charge in [0.1, 0.15) is 0 Å². The lowest BCUT2D eigenvalue weighted by Crippen LogP contribution is -2.40. The van der Waals surface area contributed by atoms with E-state index < -0.39 is 29.3 Å². The molecule has 0 radical (unpaired) electrons. The van der Waals surface area contributed by atoms with Crippen LogP contribution in [0, 0.1) is 5.41 Å². The van der Waals surface area contributed by atoms with E-state index in [9.17, 15) is 19.2 Å². The molecule has 10 heteroatoms. The highest BCUT2D eigenvalue weighted by Crippen LogP contribution is 2.36. The third-order valence-electron chi connectivity index (χ3n) is 3.76. The Balaban J connectivity index is 0. The van der Waals surface area contributed by atoms with Gasteiger partial charge < -0.3 is 20.4 Å². The number of hydrogen-bond donors (Lipinski definition) is 6. The van der Waals surface area contributed by atoms with Gasteiger partial charge in [-0.05, 0) is 25.7 Å². The Morgan fingerprint density at radius 2 is 1.19 bits per heavy atom. The molecule has 152 valence electrons. The number of rotatable bonds is 8. The molecule has 0 aromatic rings. The maximum atomic E-state index is 10.7. The average molecular weight is 378 g/mol. The summed E-state index contributed by atoms with van der Waals surface area (Å²) in [6.45, 7) is 2.79. The van der Waals surface area contributed by atoms with Crippen LogP contribution in [0.5, 0.6) is 0 Å². The highest BCUT2D eigenvalue weighted by Gasteiger charge is 2.46. The molecule has 0 aromatic heterocycles. The summed E-state index contributed by atoms with van der Waals surface area (Å²) in [5, 5.41) is 33.8. The van der Waals surface area contributed by atoms with Gasteiger partial charge in [-0.2, -0.15) is 0 Å². The number of carboxylic acids is 4. The van der Waals surface area contributed by atoms with E-state index in [-0.39, 0.29) is 25.7 Å². The smallest absolute Gasteiger partial charge is 0.321 e. The largest absolute Gasteiger partial charge is 0.481 e. The van der Waals surface area contributed by atoms with Crippen LogP contribution in [0.1, 0.15) is 64.7 Å². The summed E-state index contributed by atoms with van der Waals surface area (Å²) < 4.78 is 0. The van der Waals surface area contributed by atoms with Crippen LogP contribution in [0.25, 0.3) is 0 Å². The monoisotopic (exact) mass is 378 g/mol. The van der Waals surface area contributed by atoms with Crippen molar-refractivity contribution in [2.45, 2.75) is 64.7 Å². The summed E-state index contributed by atoms with van der Waals surface area (Å²) in [6.07, 6.45) is 3.93. The zero-order valence-electron chi connectivity index (χ0n) is 15.1. The van der Waals surface area contributed by atoms with Gasteiger partial charge in [0, 0.05) is 19.4 Å². The van der Waals surface area contributed by atoms with E-state index in [4.69, 9.17) is 26.3 Å². The van der Waals surface area contributed by atoms with Gasteiger partial charge in [-0.25, -0.2) is 0 Å². The van der Waals surface area contributed by atoms with Crippen molar-refractivity contribution in [3.05, 3.63) is 0 Å². The standard InChI is InChI=1S/C8H12O4.C6H10O4.C2H8N2/c9-6(10)8(7(11)12)4-2-1-3-5-8;7-5(8)3-1-2-4-6(9)10;1-2-4-3/h1-5H2,(H,9,10)(H,11,12);1-4H2,(H,7,8)(H,9,10);4H,2-3H2,1H3. The van der Waals surface area contributed by atoms with Crippen molar-refractivity contribution in [3.63, 3.8) is 0 Å². The number of nitrogens with one attached hydrogen (secondary N) is 1. The van der Waals surface area contributed by atoms with E-state index in [1.54, 1.807) is 0 Å². The van der Waals surface area contributed by atoms with Crippen molar-refractivity contribution in [3.8, 4) is 0 Å². The third-order valence-corrected chi connectivity index (χ3v) is 3.76. The molecule has 1 aliphatic rings. The van der Waals surface area contributed by atoms with Crippen molar-refractivity contribution in [1.82, 2.24) is 5.43 Å². The maximum Gasteiger partial charge on any atom is 0.321 e. The molecule has 0 aliphatic heterocycles. The maximum absolute atomic E-state index is 10.7. The summed E-state index contributed by atoms with van der Waals surface area (Å²) >= 11 is 0. The van der Waals surface area contributed by atoms with Crippen LogP contribution >= 0.6 is 0 Å². The first kappa shape index (κ1) is 26.0. The van der Waals surface area contributed by atoms with Crippen molar-refractivity contribution >= 4 is 23.9 Å². The Labute approximate surface area is 152 Å². The van der Waals surface area contributed by atoms with Crippen LogP contribution in [0.3, 0.4) is 0 Å². The number of carbonyl (C=O) groups is 4. The van der Waals surface area contributed by atoms with Crippen molar-refractivity contribution in [2.75, 3.05) is 6.54 Å². The third kappa shape index (κ3) is 12.2. The molecule has 7 N–H and O–H groups in total. The van der Waals surface area contributed by atoms with Crippen LogP contribution in [0.15, 0.2) is 0 Å². The normalized spacial score (nSPS) is 14.7. The SMILES string of the molecule is CCNN.O=C(O)C1(C(=O)O)CCCCC1.O=C(O)CCCCC(=O)O. The molecule has 1 rings (SSSR count). The summed E-state index contributed by atoms with van der Waals surface area (Å²) in [5.74, 6) is 0.667. The Bertz CT molecular complexity index is 414. The topological polar surface area (TPSA) is 187 Å². The molecule has 0 bridgehead atoms. The highest BCUT2D eigenvalue weighted by atomic mass is 16.4. The van der Waals surface area contributed by atoms with Crippen molar-refractivity contribution in [2.24, 2.45) is 11.3 Å². The van der Waals surface area contributed by atoms with Gasteiger partial charge in [-0.1, -0.05) is 26.2 Å². The van der Waals surface area contributed by atoms with Gasteiger partial charge in [0.25, 0.3) is 0 Å². The molecule has 1 fully saturated rings. The van der Waals surface area contributed by atoms with Gasteiger partial charge in [0.15, 0.2) is 5.41 Å². The predicted octanol–water partition coefficient (Wildman–Crippen LogP) is 1.29. The molecule has 1 aliphatic carbocycles. The fraction of sp³-hybridized carbons (Fsp3) is 0.750. The first-order chi connectivity index (χ1) is 12.1. The van der Waals surface area contributed by atoms with E-state index in [0.29, 0.717) is 25.7 Å². The van der Waals surface area contributed by atoms with E-state index in [1.807, 2.05) is 6.92 Å². The van der Waals surface area contributed by atoms with Crippen LogP contribution in [-0.2, 0) is 19.2 Å². The molecule has 1 saturated carbocycles. The summed E-state index contributed by atoms with van der Waals surface area (Å²) in [7, 11) is 0. The first-order valence-electron chi connectivity index (χ1n) is 8.47. The average Bonchev–Trinajstić information content (AvgIpc) is 2.59. The molecular weight excluding hydrogens is 348 g/mol. The number of unbranched alkanes of at least 4 members (excludes halogenated alkanes) is 1. The number of hydrazine groups is 1. The number of nitrogens with two attached hydrogens (primary N) is 1. The fourth-order valence-electron chi connectivity index (χ4n) is 2.23. The minimum Gasteiger partial charge on any atom is -0.481 e. The molecule has 0 spiro atoms. The lowest BCUT2D eigenvalue weighted by Gasteiger charge is -2.28. The van der Waals surface area contributed by atoms with E-state index in [2.05, 4.69) is 5.43 Å². The second-order valence-corrected chi connectivity index (χ2v) is 5.81. The van der Waals surface area contributed by atoms with Gasteiger partial charge in [0.05, 0.1) is 0 Å². The Kier molecular flexibility index (Phi) is 15.1. The second-order valence-electron chi connectivity index (χ2n) is 5.81. The zero-order chi connectivity index (χ0) is 20.6. The minimum absolute atomic E-state index is 0.0628. The minimum atomic E-state index is -1.49. The molecule has 0 atom stereocenters. The van der Waals surface area contributed by atoms with E-state index in [1.165, 1.54) is 0 Å². The van der Waals surface area contributed by atoms with Crippen LogP contribution in [-0.4, -0.2) is 50.8 Å². The van der Waals surface area contributed by atoms with Gasteiger partial charge >= 0.3 is 23.9 Å². The lowest BCUT2D eigenvalue weighted by molar-refractivity contribution is -0.167. The summed E-state index contributed by atoms with van der Waals surface area (Å²) in [6, 6.07) is 0. The van der Waals surface area contributed by atoms with Gasteiger partial charge in [-0.15, -0.1) is 0 Å². The summed E-state index contributed by atoms with van der Waals surface area (Å²) in [4.78, 5) is 41.3. The molecule has 26 heavy (non-hydrogen) atoms. The Morgan fingerprint density at radius 1 is 0.846 bits per heavy atom. The number of aliphatic carboxylic acids is 4. The summed E-state index contributed by atoms with van der Waals surface area (Å²) in [5.41, 5.74) is 0.943. The predicted molar refractivity (Wildman–Crippen MR) is 92.4 cm³/mol. The highest BCUT2D eigenvalue weighted by molar-refractivity contribution is 5.98. The van der Waals surface area contributed by atoms with Crippen molar-refractivity contribution < 1.29 is 39.6 Å². The molecule has 0 aromatic carbocycles. The van der Waals surface area contributed by atoms with E-state index in [0.717, 1.165) is 13.0 Å². The molecule has 0 amide bonds. The molecule has 0 unspecified atom stereocenters. The zero-order valence-corrected chi connectivity index (χ0v) is 15.1. The number of carboxylic acid groups (broad SMARTS) is 4. The Morgan fingerprint density at radius 3 is 1.38 bits per heavy atom. The van der Waals surface area contributed by atoms with Crippen molar-refractivity contribution in [1.29, 1.82) is 0 Å². The van der Waals surface area contributed by atoms with Gasteiger partial charge in [0.2, 0.25) is 0 Å². The molecule has 0 saturated heterocycles. The molecule has 10 nitrogen and oxygen atoms in total. The lowest BCUT2D eigenvalue weighted by atomic mass is 9.74. The Hall–Kier alpha value is -2.20. The molecule has 0 heterocycles. The van der Waals surface area contributed by atoms with Gasteiger partial charge in [-0.3, -0.25) is 30.4 Å². The molecular formula is C16H30N2O8. The second kappa shape index (κ2) is 15.1. The quantitative estimate of drug-likeness (QED) is 0.155.